The van der Waals surface area contributed by atoms with Gasteiger partial charge in [-0.15, -0.1) is 0 Å². The van der Waals surface area contributed by atoms with Gasteiger partial charge in [-0.1, -0.05) is 6.07 Å². The summed E-state index contributed by atoms with van der Waals surface area (Å²) in [6, 6.07) is 2.52. The fraction of sp³-hybridized carbons (Fsp3) is 0.400. The van der Waals surface area contributed by atoms with Crippen LogP contribution >= 0.6 is 0 Å². The molecule has 1 aliphatic rings. The molecular weight excluding hydrogens is 262 g/mol. The van der Waals surface area contributed by atoms with Gasteiger partial charge in [-0.3, -0.25) is 14.7 Å². The Bertz CT molecular complexity index is 605. The van der Waals surface area contributed by atoms with E-state index in [9.17, 15) is 18.5 Å². The summed E-state index contributed by atoms with van der Waals surface area (Å²) in [6.07, 6.45) is 0.322. The highest BCUT2D eigenvalue weighted by Gasteiger charge is 2.30. The Labute approximate surface area is 103 Å². The molecule has 1 atom stereocenters. The summed E-state index contributed by atoms with van der Waals surface area (Å²) < 4.78 is 36.1. The van der Waals surface area contributed by atoms with Crippen molar-refractivity contribution in [1.29, 1.82) is 0 Å². The normalized spacial score (nSPS) is 18.7. The van der Waals surface area contributed by atoms with E-state index in [0.29, 0.717) is 18.6 Å². The van der Waals surface area contributed by atoms with Gasteiger partial charge >= 0.3 is 0 Å². The van der Waals surface area contributed by atoms with Crippen LogP contribution in [0.5, 0.6) is 0 Å². The molecule has 1 aliphatic heterocycles. The lowest BCUT2D eigenvalue weighted by atomic mass is 10.0. The number of nitrogens with zero attached hydrogens (tertiary/aromatic N) is 1. The van der Waals surface area contributed by atoms with E-state index in [2.05, 4.69) is 0 Å². The van der Waals surface area contributed by atoms with Crippen molar-refractivity contribution in [3.05, 3.63) is 33.4 Å². The van der Waals surface area contributed by atoms with E-state index in [1.807, 2.05) is 0 Å². The van der Waals surface area contributed by atoms with Crippen LogP contribution in [-0.2, 0) is 21.3 Å². The number of nitro groups is 1. The number of ether oxygens (including phenoxy) is 1. The van der Waals surface area contributed by atoms with Crippen LogP contribution in [0.4, 0.5) is 5.69 Å². The first-order valence-electron chi connectivity index (χ1n) is 5.16. The smallest absolute Gasteiger partial charge is 0.295 e. The number of epoxide rings is 1. The molecule has 1 N–H and O–H groups in total. The number of hydrogen-bond donors (Lipinski definition) is 1. The minimum Gasteiger partial charge on any atom is -0.373 e. The van der Waals surface area contributed by atoms with Gasteiger partial charge in [0.25, 0.3) is 15.8 Å². The fourth-order valence-electron chi connectivity index (χ4n) is 1.87. The molecule has 0 amide bonds. The van der Waals surface area contributed by atoms with Crippen molar-refractivity contribution < 1.29 is 22.6 Å². The lowest BCUT2D eigenvalue weighted by Crippen LogP contribution is -2.07. The lowest BCUT2D eigenvalue weighted by molar-refractivity contribution is -0.386. The minimum absolute atomic E-state index is 0.0420. The SMILES string of the molecule is Cc1c(S(=O)(=O)O)ccc(CC2CO2)c1[N+](=O)[O-]. The van der Waals surface area contributed by atoms with Crippen LogP contribution in [0.25, 0.3) is 0 Å². The fourth-order valence-corrected chi connectivity index (χ4v) is 2.59. The molecule has 0 bridgehead atoms. The highest BCUT2D eigenvalue weighted by Crippen LogP contribution is 2.31. The van der Waals surface area contributed by atoms with Gasteiger partial charge in [0, 0.05) is 17.5 Å². The zero-order chi connectivity index (χ0) is 13.5. The highest BCUT2D eigenvalue weighted by molar-refractivity contribution is 7.85. The summed E-state index contributed by atoms with van der Waals surface area (Å²) in [5.41, 5.74) is 0.0775. The van der Waals surface area contributed by atoms with Crippen LogP contribution in [0, 0.1) is 17.0 Å². The Morgan fingerprint density at radius 1 is 1.56 bits per heavy atom. The van der Waals surface area contributed by atoms with Gasteiger partial charge in [-0.2, -0.15) is 8.42 Å². The predicted molar refractivity (Wildman–Crippen MR) is 61.1 cm³/mol. The number of nitro benzene ring substituents is 1. The van der Waals surface area contributed by atoms with Crippen LogP contribution in [-0.4, -0.2) is 30.6 Å². The minimum atomic E-state index is -4.45. The summed E-state index contributed by atoms with van der Waals surface area (Å²) in [6.45, 7) is 1.86. The molecular formula is C10H11NO6S. The molecule has 1 aromatic carbocycles. The Hall–Kier alpha value is -1.51. The van der Waals surface area contributed by atoms with Gasteiger partial charge in [0.05, 0.1) is 17.6 Å². The molecule has 0 radical (unpaired) electrons. The van der Waals surface area contributed by atoms with E-state index >= 15 is 0 Å². The standard InChI is InChI=1S/C10H11NO6S/c1-6-9(18(14,15)16)3-2-7(4-8-5-17-8)10(6)11(12)13/h2-3,8H,4-5H2,1H3,(H,14,15,16). The third-order valence-corrected chi connectivity index (χ3v) is 3.77. The summed E-state index contributed by atoms with van der Waals surface area (Å²) >= 11 is 0. The second kappa shape index (κ2) is 4.30. The van der Waals surface area contributed by atoms with Gasteiger partial charge in [0.15, 0.2) is 0 Å². The molecule has 0 spiro atoms. The van der Waals surface area contributed by atoms with E-state index in [0.717, 1.165) is 0 Å². The third kappa shape index (κ3) is 2.50. The maximum atomic E-state index is 11.1. The van der Waals surface area contributed by atoms with E-state index < -0.39 is 19.9 Å². The van der Waals surface area contributed by atoms with Gasteiger partial charge in [0.2, 0.25) is 0 Å². The van der Waals surface area contributed by atoms with Crippen molar-refractivity contribution in [1.82, 2.24) is 0 Å². The van der Waals surface area contributed by atoms with Crippen molar-refractivity contribution in [2.24, 2.45) is 0 Å². The molecule has 1 aromatic rings. The Kier molecular flexibility index (Phi) is 3.09. The monoisotopic (exact) mass is 273 g/mol. The first kappa shape index (κ1) is 12.9. The second-order valence-electron chi connectivity index (χ2n) is 4.09. The maximum Gasteiger partial charge on any atom is 0.295 e. The molecule has 98 valence electrons. The van der Waals surface area contributed by atoms with Crippen molar-refractivity contribution >= 4 is 15.8 Å². The van der Waals surface area contributed by atoms with Crippen LogP contribution in [0.15, 0.2) is 17.0 Å². The van der Waals surface area contributed by atoms with Gasteiger partial charge < -0.3 is 4.74 Å². The summed E-state index contributed by atoms with van der Waals surface area (Å²) in [5, 5.41) is 11.0. The molecule has 0 saturated carbocycles. The van der Waals surface area contributed by atoms with Crippen LogP contribution in [0.3, 0.4) is 0 Å². The molecule has 0 aromatic heterocycles. The van der Waals surface area contributed by atoms with E-state index in [1.165, 1.54) is 19.1 Å². The Balaban J connectivity index is 2.57. The van der Waals surface area contributed by atoms with E-state index in [1.54, 1.807) is 0 Å². The van der Waals surface area contributed by atoms with Gasteiger partial charge in [-0.05, 0) is 13.0 Å². The average Bonchev–Trinajstić information content (AvgIpc) is 2.98. The number of benzene rings is 1. The molecule has 1 fully saturated rings. The van der Waals surface area contributed by atoms with Gasteiger partial charge in [0.1, 0.15) is 4.90 Å². The molecule has 1 saturated heterocycles. The topological polar surface area (TPSA) is 110 Å². The maximum absolute atomic E-state index is 11.1. The Morgan fingerprint density at radius 3 is 2.61 bits per heavy atom. The third-order valence-electron chi connectivity index (χ3n) is 2.78. The summed E-state index contributed by atoms with van der Waals surface area (Å²) in [7, 11) is -4.45. The largest absolute Gasteiger partial charge is 0.373 e. The van der Waals surface area contributed by atoms with Crippen LogP contribution < -0.4 is 0 Å². The molecule has 18 heavy (non-hydrogen) atoms. The zero-order valence-electron chi connectivity index (χ0n) is 9.49. The average molecular weight is 273 g/mol. The van der Waals surface area contributed by atoms with E-state index in [4.69, 9.17) is 9.29 Å². The first-order chi connectivity index (χ1) is 8.30. The number of hydrogen-bond acceptors (Lipinski definition) is 5. The second-order valence-corrected chi connectivity index (χ2v) is 5.48. The van der Waals surface area contributed by atoms with Crippen molar-refractivity contribution in [3.8, 4) is 0 Å². The Morgan fingerprint density at radius 2 is 2.17 bits per heavy atom. The summed E-state index contributed by atoms with van der Waals surface area (Å²) in [4.78, 5) is 9.94. The molecule has 1 heterocycles. The summed E-state index contributed by atoms with van der Waals surface area (Å²) in [5.74, 6) is 0. The number of rotatable bonds is 4. The predicted octanol–water partition coefficient (Wildman–Crippen LogP) is 1.09. The van der Waals surface area contributed by atoms with Crippen molar-refractivity contribution in [2.45, 2.75) is 24.3 Å². The van der Waals surface area contributed by atoms with Crippen molar-refractivity contribution in [2.75, 3.05) is 6.61 Å². The molecule has 0 aliphatic carbocycles. The molecule has 2 rings (SSSR count). The molecule has 1 unspecified atom stereocenters. The van der Waals surface area contributed by atoms with Crippen molar-refractivity contribution in [3.63, 3.8) is 0 Å². The quantitative estimate of drug-likeness (QED) is 0.380. The lowest BCUT2D eigenvalue weighted by Gasteiger charge is -2.07. The molecule has 7 nitrogen and oxygen atoms in total. The van der Waals surface area contributed by atoms with Gasteiger partial charge in [-0.25, -0.2) is 0 Å². The van der Waals surface area contributed by atoms with Crippen LogP contribution in [0.2, 0.25) is 0 Å². The first-order valence-corrected chi connectivity index (χ1v) is 6.60. The van der Waals surface area contributed by atoms with Crippen LogP contribution in [0.1, 0.15) is 11.1 Å². The zero-order valence-corrected chi connectivity index (χ0v) is 10.3. The highest BCUT2D eigenvalue weighted by atomic mass is 32.2. The van der Waals surface area contributed by atoms with E-state index in [-0.39, 0.29) is 17.4 Å². The molecule has 8 heteroatoms.